The minimum Gasteiger partial charge on any atom is -0.490 e. The third kappa shape index (κ3) is 1.42. The summed E-state index contributed by atoms with van der Waals surface area (Å²) in [6.07, 6.45) is -1.27. The molecular weight excluding hydrogens is 208 g/mol. The molecule has 0 spiro atoms. The van der Waals surface area contributed by atoms with E-state index in [1.165, 1.54) is 6.07 Å². The molecule has 1 aliphatic heterocycles. The molecule has 2 N–H and O–H groups in total. The Kier molecular flexibility index (Phi) is 2.28. The van der Waals surface area contributed by atoms with Gasteiger partial charge in [-0.25, -0.2) is 8.78 Å². The number of hydrogen-bond acceptors (Lipinski definition) is 4. The van der Waals surface area contributed by atoms with Gasteiger partial charge in [-0.1, -0.05) is 5.16 Å². The fraction of sp³-hybridized carbons (Fsp3) is 0.222. The number of rotatable bonds is 0. The molecule has 0 fully saturated rings. The van der Waals surface area contributed by atoms with E-state index in [1.54, 1.807) is 0 Å². The predicted octanol–water partition coefficient (Wildman–Crippen LogP) is 0.896. The molecule has 0 aliphatic carbocycles. The molecule has 0 saturated heterocycles. The highest BCUT2D eigenvalue weighted by molar-refractivity contribution is 6.06. The Morgan fingerprint density at radius 2 is 2.13 bits per heavy atom. The Bertz CT molecular complexity index is 434. The van der Waals surface area contributed by atoms with E-state index in [0.717, 1.165) is 6.07 Å². The summed E-state index contributed by atoms with van der Waals surface area (Å²) in [6.45, 7) is -0.155. The van der Waals surface area contributed by atoms with Crippen LogP contribution in [0.2, 0.25) is 0 Å². The first-order valence-corrected chi connectivity index (χ1v) is 4.16. The Morgan fingerprint density at radius 1 is 1.40 bits per heavy atom. The van der Waals surface area contributed by atoms with Gasteiger partial charge in [0.15, 0.2) is 11.6 Å². The summed E-state index contributed by atoms with van der Waals surface area (Å²) in [5.74, 6) is -2.24. The van der Waals surface area contributed by atoms with E-state index in [-0.39, 0.29) is 23.6 Å². The molecule has 1 aromatic rings. The van der Waals surface area contributed by atoms with Crippen molar-refractivity contribution in [3.8, 4) is 5.75 Å². The number of hydrogen-bond donors (Lipinski definition) is 2. The fourth-order valence-corrected chi connectivity index (χ4v) is 1.42. The van der Waals surface area contributed by atoms with Crippen molar-refractivity contribution in [1.29, 1.82) is 0 Å². The SMILES string of the molecule is ON=C1c2c(ccc(F)c2F)OCC1O. The topological polar surface area (TPSA) is 62.1 Å². The summed E-state index contributed by atoms with van der Waals surface area (Å²) >= 11 is 0. The standard InChI is InChI=1S/C9H7F2NO3/c10-4-1-2-6-7(8(4)11)9(12-14)5(13)3-15-6/h1-2,5,13-14H,3H2. The largest absolute Gasteiger partial charge is 0.490 e. The zero-order valence-corrected chi connectivity index (χ0v) is 7.44. The first-order chi connectivity index (χ1) is 7.15. The van der Waals surface area contributed by atoms with Crippen LogP contribution in [0.5, 0.6) is 5.75 Å². The molecule has 1 aliphatic rings. The number of aliphatic hydroxyl groups excluding tert-OH is 1. The summed E-state index contributed by atoms with van der Waals surface area (Å²) in [4.78, 5) is 0. The lowest BCUT2D eigenvalue weighted by Gasteiger charge is -2.22. The molecule has 0 saturated carbocycles. The van der Waals surface area contributed by atoms with Gasteiger partial charge >= 0.3 is 0 Å². The van der Waals surface area contributed by atoms with Crippen molar-refractivity contribution >= 4 is 5.71 Å². The van der Waals surface area contributed by atoms with Gasteiger partial charge < -0.3 is 15.1 Å². The molecule has 80 valence electrons. The van der Waals surface area contributed by atoms with E-state index >= 15 is 0 Å². The third-order valence-corrected chi connectivity index (χ3v) is 2.13. The molecule has 1 heterocycles. The average Bonchev–Trinajstić information content (AvgIpc) is 2.24. The molecule has 6 heteroatoms. The molecule has 1 unspecified atom stereocenters. The van der Waals surface area contributed by atoms with Crippen molar-refractivity contribution in [2.24, 2.45) is 5.16 Å². The molecule has 0 radical (unpaired) electrons. The Hall–Kier alpha value is -1.69. The highest BCUT2D eigenvalue weighted by Crippen LogP contribution is 2.29. The van der Waals surface area contributed by atoms with Gasteiger partial charge in [-0.15, -0.1) is 0 Å². The molecule has 2 rings (SSSR count). The van der Waals surface area contributed by atoms with Crippen molar-refractivity contribution in [2.45, 2.75) is 6.10 Å². The molecule has 1 aromatic carbocycles. The van der Waals surface area contributed by atoms with Gasteiger partial charge in [-0.05, 0) is 12.1 Å². The van der Waals surface area contributed by atoms with E-state index < -0.39 is 17.7 Å². The maximum Gasteiger partial charge on any atom is 0.171 e. The lowest BCUT2D eigenvalue weighted by atomic mass is 10.0. The molecule has 0 amide bonds. The summed E-state index contributed by atoms with van der Waals surface area (Å²) in [7, 11) is 0. The highest BCUT2D eigenvalue weighted by Gasteiger charge is 2.30. The van der Waals surface area contributed by atoms with E-state index in [2.05, 4.69) is 5.16 Å². The van der Waals surface area contributed by atoms with Crippen molar-refractivity contribution < 1.29 is 23.8 Å². The van der Waals surface area contributed by atoms with Gasteiger partial charge in [-0.3, -0.25) is 0 Å². The first-order valence-electron chi connectivity index (χ1n) is 4.16. The molecule has 15 heavy (non-hydrogen) atoms. The summed E-state index contributed by atoms with van der Waals surface area (Å²) < 4.78 is 31.2. The van der Waals surface area contributed by atoms with Crippen LogP contribution >= 0.6 is 0 Å². The van der Waals surface area contributed by atoms with Gasteiger partial charge in [0.1, 0.15) is 24.2 Å². The quantitative estimate of drug-likeness (QED) is 0.499. The highest BCUT2D eigenvalue weighted by atomic mass is 19.2. The summed E-state index contributed by atoms with van der Waals surface area (Å²) in [5.41, 5.74) is -0.662. The van der Waals surface area contributed by atoms with Crippen molar-refractivity contribution in [3.05, 3.63) is 29.3 Å². The summed E-state index contributed by atoms with van der Waals surface area (Å²) in [6, 6.07) is 2.12. The Labute approximate surface area is 83.4 Å². The second-order valence-electron chi connectivity index (χ2n) is 3.05. The zero-order chi connectivity index (χ0) is 11.0. The van der Waals surface area contributed by atoms with Crippen molar-refractivity contribution in [1.82, 2.24) is 0 Å². The van der Waals surface area contributed by atoms with Gasteiger partial charge in [0.05, 0.1) is 5.56 Å². The number of fused-ring (bicyclic) bond motifs is 1. The normalized spacial score (nSPS) is 22.3. The number of aliphatic hydroxyl groups is 1. The lowest BCUT2D eigenvalue weighted by Crippen LogP contribution is -2.34. The molecule has 1 atom stereocenters. The third-order valence-electron chi connectivity index (χ3n) is 2.13. The smallest absolute Gasteiger partial charge is 0.171 e. The van der Waals surface area contributed by atoms with Crippen LogP contribution in [0.25, 0.3) is 0 Å². The van der Waals surface area contributed by atoms with Crippen molar-refractivity contribution in [3.63, 3.8) is 0 Å². The average molecular weight is 215 g/mol. The van der Waals surface area contributed by atoms with Crippen LogP contribution in [0, 0.1) is 11.6 Å². The van der Waals surface area contributed by atoms with E-state index in [9.17, 15) is 13.9 Å². The number of halogens is 2. The van der Waals surface area contributed by atoms with Crippen LogP contribution in [0.1, 0.15) is 5.56 Å². The van der Waals surface area contributed by atoms with Crippen LogP contribution in [0.15, 0.2) is 17.3 Å². The molecule has 0 aromatic heterocycles. The summed E-state index contributed by atoms with van der Waals surface area (Å²) in [5, 5.41) is 20.7. The van der Waals surface area contributed by atoms with E-state index in [4.69, 9.17) is 9.94 Å². The molecule has 0 bridgehead atoms. The van der Waals surface area contributed by atoms with Gasteiger partial charge in [0, 0.05) is 0 Å². The maximum atomic E-state index is 13.3. The van der Waals surface area contributed by atoms with Crippen LogP contribution < -0.4 is 4.74 Å². The van der Waals surface area contributed by atoms with Gasteiger partial charge in [0.25, 0.3) is 0 Å². The van der Waals surface area contributed by atoms with Crippen LogP contribution in [0.4, 0.5) is 8.78 Å². The van der Waals surface area contributed by atoms with E-state index in [0.29, 0.717) is 0 Å². The minimum absolute atomic E-state index is 0.0481. The lowest BCUT2D eigenvalue weighted by molar-refractivity contribution is 0.145. The number of benzene rings is 1. The van der Waals surface area contributed by atoms with Crippen molar-refractivity contribution in [2.75, 3.05) is 6.61 Å². The molecule has 4 nitrogen and oxygen atoms in total. The number of nitrogens with zero attached hydrogens (tertiary/aromatic N) is 1. The van der Waals surface area contributed by atoms with Crippen LogP contribution in [-0.4, -0.2) is 28.7 Å². The Morgan fingerprint density at radius 3 is 2.80 bits per heavy atom. The second kappa shape index (κ2) is 3.47. The predicted molar refractivity (Wildman–Crippen MR) is 46.2 cm³/mol. The Balaban J connectivity index is 2.66. The molecular formula is C9H7F2NO3. The minimum atomic E-state index is -1.27. The maximum absolute atomic E-state index is 13.3. The van der Waals surface area contributed by atoms with Gasteiger partial charge in [-0.2, -0.15) is 0 Å². The number of oxime groups is 1. The zero-order valence-electron chi connectivity index (χ0n) is 7.44. The monoisotopic (exact) mass is 215 g/mol. The van der Waals surface area contributed by atoms with Crippen LogP contribution in [0.3, 0.4) is 0 Å². The fourth-order valence-electron chi connectivity index (χ4n) is 1.42. The van der Waals surface area contributed by atoms with Crippen LogP contribution in [-0.2, 0) is 0 Å². The second-order valence-corrected chi connectivity index (χ2v) is 3.05. The number of ether oxygens (including phenoxy) is 1. The van der Waals surface area contributed by atoms with E-state index in [1.807, 2.05) is 0 Å². The van der Waals surface area contributed by atoms with Gasteiger partial charge in [0.2, 0.25) is 0 Å². The first kappa shape index (κ1) is 9.85.